The highest BCUT2D eigenvalue weighted by Crippen LogP contribution is 2.16. The summed E-state index contributed by atoms with van der Waals surface area (Å²) in [5.41, 5.74) is -0.431. The number of amides is 1. The minimum Gasteiger partial charge on any atom is -0.444 e. The molecular weight excluding hydrogens is 318 g/mol. The molecule has 1 saturated heterocycles. The Hall–Kier alpha value is -1.63. The average Bonchev–Trinajstić information content (AvgIpc) is 3.04. The predicted octanol–water partition coefficient (Wildman–Crippen LogP) is 2.15. The maximum absolute atomic E-state index is 12.2. The van der Waals surface area contributed by atoms with Gasteiger partial charge < -0.3 is 19.5 Å². The zero-order valence-corrected chi connectivity index (χ0v) is 15.8. The first kappa shape index (κ1) is 18.2. The molecule has 25 heavy (non-hydrogen) atoms. The van der Waals surface area contributed by atoms with Crippen molar-refractivity contribution in [2.24, 2.45) is 0 Å². The van der Waals surface area contributed by atoms with Crippen LogP contribution in [0.25, 0.3) is 0 Å². The number of carbonyl (C=O) groups excluding carboxylic acids is 1. The number of aromatic nitrogens is 3. The molecule has 3 heterocycles. The number of carbonyl (C=O) groups is 1. The van der Waals surface area contributed by atoms with Gasteiger partial charge in [0.15, 0.2) is 0 Å². The van der Waals surface area contributed by atoms with Gasteiger partial charge in [0.2, 0.25) is 0 Å². The third kappa shape index (κ3) is 4.93. The molecule has 0 unspecified atom stereocenters. The van der Waals surface area contributed by atoms with E-state index in [1.165, 1.54) is 6.42 Å². The van der Waals surface area contributed by atoms with Crippen LogP contribution < -0.4 is 5.32 Å². The fraction of sp³-hybridized carbons (Fsp3) is 0.833. The Bertz CT molecular complexity index is 593. The average molecular weight is 349 g/mol. The molecule has 7 heteroatoms. The van der Waals surface area contributed by atoms with Crippen molar-refractivity contribution in [2.75, 3.05) is 19.6 Å². The van der Waals surface area contributed by atoms with Gasteiger partial charge in [0.1, 0.15) is 17.2 Å². The number of hydrogen-bond donors (Lipinski definition) is 1. The molecule has 140 valence electrons. The second-order valence-corrected chi connectivity index (χ2v) is 8.09. The first-order valence-corrected chi connectivity index (χ1v) is 9.54. The van der Waals surface area contributed by atoms with Crippen LogP contribution in [0.3, 0.4) is 0 Å². The van der Waals surface area contributed by atoms with E-state index >= 15 is 0 Å². The number of likely N-dealkylation sites (tertiary alicyclic amines) is 1. The van der Waals surface area contributed by atoms with Gasteiger partial charge in [-0.1, -0.05) is 0 Å². The molecule has 1 fully saturated rings. The van der Waals surface area contributed by atoms with Crippen molar-refractivity contribution in [2.45, 2.75) is 77.5 Å². The topological polar surface area (TPSA) is 72.3 Å². The van der Waals surface area contributed by atoms with Crippen molar-refractivity contribution in [3.63, 3.8) is 0 Å². The van der Waals surface area contributed by atoms with Crippen molar-refractivity contribution in [1.29, 1.82) is 0 Å². The SMILES string of the molecule is CC(C)(C)OC(=O)N1CCC[C@H](NCCc2nnc3n2CCC3)CC1. The van der Waals surface area contributed by atoms with E-state index in [4.69, 9.17) is 4.74 Å². The van der Waals surface area contributed by atoms with Crippen LogP contribution in [0, 0.1) is 0 Å². The molecule has 1 amide bonds. The summed E-state index contributed by atoms with van der Waals surface area (Å²) >= 11 is 0. The molecule has 1 atom stereocenters. The normalized spacial score (nSPS) is 21.1. The molecule has 0 aromatic carbocycles. The summed E-state index contributed by atoms with van der Waals surface area (Å²) in [4.78, 5) is 14.1. The van der Waals surface area contributed by atoms with E-state index in [0.717, 1.165) is 69.9 Å². The maximum atomic E-state index is 12.2. The molecular formula is C18H31N5O2. The minimum atomic E-state index is -0.431. The van der Waals surface area contributed by atoms with Crippen LogP contribution in [0.1, 0.15) is 58.1 Å². The predicted molar refractivity (Wildman–Crippen MR) is 95.5 cm³/mol. The van der Waals surface area contributed by atoms with Crippen LogP contribution >= 0.6 is 0 Å². The standard InChI is InChI=1S/C18H31N5O2/c1-18(2,3)25-17(24)22-11-4-6-14(9-13-22)19-10-8-16-21-20-15-7-5-12-23(15)16/h14,19H,4-13H2,1-3H3/t14-/m0/s1. The lowest BCUT2D eigenvalue weighted by atomic mass is 10.1. The van der Waals surface area contributed by atoms with Gasteiger partial charge in [0.05, 0.1) is 0 Å². The van der Waals surface area contributed by atoms with Crippen LogP contribution in [0.4, 0.5) is 4.79 Å². The van der Waals surface area contributed by atoms with E-state index in [1.807, 2.05) is 25.7 Å². The fourth-order valence-corrected chi connectivity index (χ4v) is 3.59. The Labute approximate surface area is 150 Å². The zero-order valence-electron chi connectivity index (χ0n) is 15.8. The number of ether oxygens (including phenoxy) is 1. The summed E-state index contributed by atoms with van der Waals surface area (Å²) in [5, 5.41) is 12.2. The molecule has 1 aromatic rings. The Morgan fingerprint density at radius 1 is 1.20 bits per heavy atom. The molecule has 0 bridgehead atoms. The monoisotopic (exact) mass is 349 g/mol. The zero-order chi connectivity index (χ0) is 17.9. The molecule has 1 aromatic heterocycles. The number of fused-ring (bicyclic) bond motifs is 1. The number of nitrogens with one attached hydrogen (secondary N) is 1. The van der Waals surface area contributed by atoms with E-state index in [-0.39, 0.29) is 6.09 Å². The highest BCUT2D eigenvalue weighted by atomic mass is 16.6. The summed E-state index contributed by atoms with van der Waals surface area (Å²) in [6.45, 7) is 9.25. The van der Waals surface area contributed by atoms with Gasteiger partial charge in [0.25, 0.3) is 0 Å². The van der Waals surface area contributed by atoms with E-state index in [0.29, 0.717) is 6.04 Å². The van der Waals surface area contributed by atoms with Gasteiger partial charge in [-0.25, -0.2) is 4.79 Å². The summed E-state index contributed by atoms with van der Waals surface area (Å²) in [5.74, 6) is 2.24. The third-order valence-electron chi connectivity index (χ3n) is 4.85. The molecule has 2 aliphatic heterocycles. The Morgan fingerprint density at radius 2 is 2.04 bits per heavy atom. The van der Waals surface area contributed by atoms with E-state index < -0.39 is 5.60 Å². The number of hydrogen-bond acceptors (Lipinski definition) is 5. The minimum absolute atomic E-state index is 0.188. The van der Waals surface area contributed by atoms with Crippen molar-refractivity contribution >= 4 is 6.09 Å². The van der Waals surface area contributed by atoms with E-state index in [1.54, 1.807) is 0 Å². The molecule has 2 aliphatic rings. The highest BCUT2D eigenvalue weighted by molar-refractivity contribution is 5.68. The molecule has 3 rings (SSSR count). The van der Waals surface area contributed by atoms with Gasteiger partial charge >= 0.3 is 6.09 Å². The summed E-state index contributed by atoms with van der Waals surface area (Å²) < 4.78 is 7.75. The smallest absolute Gasteiger partial charge is 0.410 e. The second-order valence-electron chi connectivity index (χ2n) is 8.09. The quantitative estimate of drug-likeness (QED) is 0.902. The first-order chi connectivity index (χ1) is 11.9. The highest BCUT2D eigenvalue weighted by Gasteiger charge is 2.25. The Morgan fingerprint density at radius 3 is 2.84 bits per heavy atom. The first-order valence-electron chi connectivity index (χ1n) is 9.54. The largest absolute Gasteiger partial charge is 0.444 e. The summed E-state index contributed by atoms with van der Waals surface area (Å²) in [7, 11) is 0. The van der Waals surface area contributed by atoms with E-state index in [9.17, 15) is 4.79 Å². The molecule has 7 nitrogen and oxygen atoms in total. The van der Waals surface area contributed by atoms with Crippen LogP contribution in [0.2, 0.25) is 0 Å². The number of nitrogens with zero attached hydrogens (tertiary/aromatic N) is 4. The third-order valence-corrected chi connectivity index (χ3v) is 4.85. The van der Waals surface area contributed by atoms with E-state index in [2.05, 4.69) is 20.1 Å². The van der Waals surface area contributed by atoms with Crippen LogP contribution in [-0.2, 0) is 24.1 Å². The lowest BCUT2D eigenvalue weighted by Gasteiger charge is -2.26. The Balaban J connectivity index is 1.41. The molecule has 0 aliphatic carbocycles. The lowest BCUT2D eigenvalue weighted by Crippen LogP contribution is -2.38. The molecule has 1 N–H and O–H groups in total. The van der Waals surface area contributed by atoms with Crippen molar-refractivity contribution in [3.8, 4) is 0 Å². The van der Waals surface area contributed by atoms with Crippen molar-refractivity contribution in [1.82, 2.24) is 25.0 Å². The summed E-state index contributed by atoms with van der Waals surface area (Å²) in [6, 6.07) is 0.452. The molecule has 0 saturated carbocycles. The van der Waals surface area contributed by atoms with Gasteiger partial charge in [-0.15, -0.1) is 10.2 Å². The lowest BCUT2D eigenvalue weighted by molar-refractivity contribution is 0.0256. The van der Waals surface area contributed by atoms with Crippen LogP contribution in [0.5, 0.6) is 0 Å². The van der Waals surface area contributed by atoms with Gasteiger partial charge in [-0.05, 0) is 46.5 Å². The number of aryl methyl sites for hydroxylation is 1. The van der Waals surface area contributed by atoms with Gasteiger partial charge in [-0.2, -0.15) is 0 Å². The maximum Gasteiger partial charge on any atom is 0.410 e. The number of rotatable bonds is 4. The fourth-order valence-electron chi connectivity index (χ4n) is 3.59. The van der Waals surface area contributed by atoms with Crippen molar-refractivity contribution in [3.05, 3.63) is 11.6 Å². The molecule has 0 spiro atoms. The van der Waals surface area contributed by atoms with Gasteiger partial charge in [-0.3, -0.25) is 0 Å². The summed E-state index contributed by atoms with van der Waals surface area (Å²) in [6.07, 6.45) is 6.05. The van der Waals surface area contributed by atoms with Gasteiger partial charge in [0, 0.05) is 45.1 Å². The van der Waals surface area contributed by atoms with Crippen LogP contribution in [-0.4, -0.2) is 57.0 Å². The van der Waals surface area contributed by atoms with Crippen molar-refractivity contribution < 1.29 is 9.53 Å². The second kappa shape index (κ2) is 7.72. The molecule has 0 radical (unpaired) electrons. The Kier molecular flexibility index (Phi) is 5.61. The van der Waals surface area contributed by atoms with Crippen LogP contribution in [0.15, 0.2) is 0 Å².